The lowest BCUT2D eigenvalue weighted by atomic mass is 9.71. The lowest BCUT2D eigenvalue weighted by Gasteiger charge is -2.11. The average molecular weight is 382 g/mol. The van der Waals surface area contributed by atoms with E-state index in [1.54, 1.807) is 18.2 Å². The summed E-state index contributed by atoms with van der Waals surface area (Å²) < 4.78 is 4.75. The van der Waals surface area contributed by atoms with Gasteiger partial charge in [0.25, 0.3) is 0 Å². The fraction of sp³-hybridized carbons (Fsp3) is 0.0952. The molecule has 0 aliphatic heterocycles. The van der Waals surface area contributed by atoms with Crippen molar-refractivity contribution in [2.45, 2.75) is 6.82 Å². The Kier molecular flexibility index (Phi) is 5.70. The van der Waals surface area contributed by atoms with Crippen LogP contribution in [-0.2, 0) is 4.74 Å². The minimum absolute atomic E-state index is 0.344. The first kappa shape index (κ1) is 18.6. The Morgan fingerprint density at radius 1 is 0.808 bits per heavy atom. The molecule has 0 saturated heterocycles. The van der Waals surface area contributed by atoms with E-state index < -0.39 is 0 Å². The first-order valence-corrected chi connectivity index (χ1v) is 8.86. The lowest BCUT2D eigenvalue weighted by molar-refractivity contribution is 0.0601. The van der Waals surface area contributed by atoms with Gasteiger partial charge in [0.05, 0.1) is 22.7 Å². The van der Waals surface area contributed by atoms with Crippen molar-refractivity contribution in [3.05, 3.63) is 76.3 Å². The van der Waals surface area contributed by atoms with Crippen LogP contribution in [-0.4, -0.2) is 20.4 Å². The van der Waals surface area contributed by atoms with E-state index in [1.807, 2.05) is 38.4 Å². The SMILES string of the molecule is C[B]c1cc(-c2ccc(C(=O)OC)cc2)cc(-c2ccc(Cl)c(Cl)c2)c1. The van der Waals surface area contributed by atoms with Gasteiger partial charge < -0.3 is 4.74 Å². The van der Waals surface area contributed by atoms with Crippen LogP contribution in [0.2, 0.25) is 16.9 Å². The summed E-state index contributed by atoms with van der Waals surface area (Å²) in [6.07, 6.45) is 0. The van der Waals surface area contributed by atoms with E-state index in [0.717, 1.165) is 27.7 Å². The van der Waals surface area contributed by atoms with Crippen LogP contribution < -0.4 is 5.46 Å². The molecule has 3 rings (SSSR count). The maximum atomic E-state index is 11.6. The van der Waals surface area contributed by atoms with Crippen LogP contribution in [0.5, 0.6) is 0 Å². The van der Waals surface area contributed by atoms with Crippen molar-refractivity contribution in [2.75, 3.05) is 7.11 Å². The third-order valence-electron chi connectivity index (χ3n) is 4.18. The molecule has 0 atom stereocenters. The summed E-state index contributed by atoms with van der Waals surface area (Å²) in [5.74, 6) is -0.344. The van der Waals surface area contributed by atoms with Gasteiger partial charge in [-0.3, -0.25) is 0 Å². The number of carbonyl (C=O) groups is 1. The second-order valence-corrected chi connectivity index (χ2v) is 6.64. The molecule has 1 radical (unpaired) electrons. The van der Waals surface area contributed by atoms with Gasteiger partial charge >= 0.3 is 5.97 Å². The molecule has 0 aromatic heterocycles. The van der Waals surface area contributed by atoms with Gasteiger partial charge in [-0.2, -0.15) is 0 Å². The monoisotopic (exact) mass is 381 g/mol. The summed E-state index contributed by atoms with van der Waals surface area (Å²) in [5.41, 5.74) is 5.74. The van der Waals surface area contributed by atoms with Crippen LogP contribution in [0.25, 0.3) is 22.3 Å². The van der Waals surface area contributed by atoms with E-state index in [4.69, 9.17) is 27.9 Å². The topological polar surface area (TPSA) is 26.3 Å². The van der Waals surface area contributed by atoms with E-state index in [9.17, 15) is 4.79 Å². The Bertz CT molecular complexity index is 953. The summed E-state index contributed by atoms with van der Waals surface area (Å²) in [5, 5.41) is 1.06. The number of esters is 1. The number of rotatable bonds is 4. The molecule has 0 aliphatic rings. The lowest BCUT2D eigenvalue weighted by Crippen LogP contribution is -2.10. The largest absolute Gasteiger partial charge is 0.465 e. The van der Waals surface area contributed by atoms with Gasteiger partial charge in [0.1, 0.15) is 7.28 Å². The Labute approximate surface area is 164 Å². The quantitative estimate of drug-likeness (QED) is 0.441. The number of ether oxygens (including phenoxy) is 1. The highest BCUT2D eigenvalue weighted by molar-refractivity contribution is 6.52. The van der Waals surface area contributed by atoms with Crippen LogP contribution in [0.3, 0.4) is 0 Å². The number of halogens is 2. The summed E-state index contributed by atoms with van der Waals surface area (Å²) in [7, 11) is 3.42. The molecule has 0 amide bonds. The van der Waals surface area contributed by atoms with Crippen molar-refractivity contribution in [3.8, 4) is 22.3 Å². The van der Waals surface area contributed by atoms with Crippen molar-refractivity contribution in [1.29, 1.82) is 0 Å². The molecule has 0 aliphatic carbocycles. The highest BCUT2D eigenvalue weighted by Gasteiger charge is 2.09. The van der Waals surface area contributed by atoms with E-state index in [0.29, 0.717) is 15.6 Å². The van der Waals surface area contributed by atoms with Gasteiger partial charge in [0.15, 0.2) is 0 Å². The summed E-state index contributed by atoms with van der Waals surface area (Å²) in [6.45, 7) is 2.00. The van der Waals surface area contributed by atoms with Gasteiger partial charge in [0.2, 0.25) is 0 Å². The smallest absolute Gasteiger partial charge is 0.337 e. The Balaban J connectivity index is 2.05. The molecule has 2 nitrogen and oxygen atoms in total. The first-order valence-electron chi connectivity index (χ1n) is 8.10. The molecule has 5 heteroatoms. The highest BCUT2D eigenvalue weighted by Crippen LogP contribution is 2.30. The van der Waals surface area contributed by atoms with E-state index in [1.165, 1.54) is 7.11 Å². The molecule has 0 fully saturated rings. The average Bonchev–Trinajstić information content (AvgIpc) is 2.69. The third-order valence-corrected chi connectivity index (χ3v) is 4.92. The molecule has 0 heterocycles. The maximum absolute atomic E-state index is 11.6. The zero-order valence-electron chi connectivity index (χ0n) is 14.4. The predicted molar refractivity (Wildman–Crippen MR) is 110 cm³/mol. The van der Waals surface area contributed by atoms with Crippen LogP contribution in [0.4, 0.5) is 0 Å². The zero-order valence-corrected chi connectivity index (χ0v) is 15.9. The predicted octanol–water partition coefficient (Wildman–Crippen LogP) is 5.49. The van der Waals surface area contributed by atoms with Crippen LogP contribution in [0.15, 0.2) is 60.7 Å². The van der Waals surface area contributed by atoms with E-state index in [2.05, 4.69) is 18.2 Å². The van der Waals surface area contributed by atoms with Gasteiger partial charge in [0, 0.05) is 0 Å². The van der Waals surface area contributed by atoms with E-state index in [-0.39, 0.29) is 5.97 Å². The Hall–Kier alpha value is -2.23. The minimum atomic E-state index is -0.344. The Morgan fingerprint density at radius 2 is 1.42 bits per heavy atom. The molecule has 3 aromatic carbocycles. The second-order valence-electron chi connectivity index (χ2n) is 5.83. The maximum Gasteiger partial charge on any atom is 0.337 e. The van der Waals surface area contributed by atoms with Crippen molar-refractivity contribution in [3.63, 3.8) is 0 Å². The Morgan fingerprint density at radius 3 is 2.00 bits per heavy atom. The van der Waals surface area contributed by atoms with Gasteiger partial charge in [-0.15, -0.1) is 0 Å². The van der Waals surface area contributed by atoms with Crippen LogP contribution in [0, 0.1) is 0 Å². The summed E-state index contributed by atoms with van der Waals surface area (Å²) in [4.78, 5) is 11.6. The summed E-state index contributed by atoms with van der Waals surface area (Å²) >= 11 is 12.2. The van der Waals surface area contributed by atoms with Crippen molar-refractivity contribution < 1.29 is 9.53 Å². The standard InChI is InChI=1S/C21H16BCl2O2/c1-22-18-10-16(13-3-5-14(6-4-13)21(25)26-2)9-17(11-18)15-7-8-19(23)20(24)12-15/h3-12H,1-2H3. The third kappa shape index (κ3) is 3.95. The summed E-state index contributed by atoms with van der Waals surface area (Å²) in [6, 6.07) is 19.3. The number of carbonyl (C=O) groups excluding carboxylic acids is 1. The molecule has 0 saturated carbocycles. The highest BCUT2D eigenvalue weighted by atomic mass is 35.5. The van der Waals surface area contributed by atoms with Crippen LogP contribution >= 0.6 is 23.2 Å². The molecule has 0 unspecified atom stereocenters. The zero-order chi connectivity index (χ0) is 18.7. The van der Waals surface area contributed by atoms with E-state index >= 15 is 0 Å². The van der Waals surface area contributed by atoms with Gasteiger partial charge in [-0.25, -0.2) is 4.79 Å². The molecule has 129 valence electrons. The number of hydrogen-bond donors (Lipinski definition) is 0. The van der Waals surface area contributed by atoms with Crippen molar-refractivity contribution in [1.82, 2.24) is 0 Å². The molecule has 0 N–H and O–H groups in total. The normalized spacial score (nSPS) is 10.5. The minimum Gasteiger partial charge on any atom is -0.465 e. The second kappa shape index (κ2) is 7.98. The van der Waals surface area contributed by atoms with Crippen LogP contribution in [0.1, 0.15) is 10.4 Å². The number of methoxy groups -OCH3 is 1. The van der Waals surface area contributed by atoms with Crippen molar-refractivity contribution in [2.24, 2.45) is 0 Å². The molecule has 0 spiro atoms. The molecular formula is C21H16BCl2O2. The van der Waals surface area contributed by atoms with Gasteiger partial charge in [-0.05, 0) is 52.6 Å². The first-order chi connectivity index (χ1) is 12.5. The van der Waals surface area contributed by atoms with Gasteiger partial charge in [-0.1, -0.05) is 65.8 Å². The number of benzene rings is 3. The molecular weight excluding hydrogens is 366 g/mol. The fourth-order valence-corrected chi connectivity index (χ4v) is 3.04. The van der Waals surface area contributed by atoms with Crippen molar-refractivity contribution >= 4 is 41.9 Å². The molecule has 0 bridgehead atoms. The fourth-order valence-electron chi connectivity index (χ4n) is 2.74. The number of hydrogen-bond acceptors (Lipinski definition) is 2. The molecule has 26 heavy (non-hydrogen) atoms. The molecule has 3 aromatic rings.